The normalized spacial score (nSPS) is 11.2. The summed E-state index contributed by atoms with van der Waals surface area (Å²) in [6.07, 6.45) is 3.73. The summed E-state index contributed by atoms with van der Waals surface area (Å²) < 4.78 is 6.59. The lowest BCUT2D eigenvalue weighted by Gasteiger charge is -2.10. The van der Waals surface area contributed by atoms with Crippen LogP contribution in [0.2, 0.25) is 0 Å². The molecule has 38 heavy (non-hydrogen) atoms. The number of benzene rings is 3. The van der Waals surface area contributed by atoms with E-state index in [0.717, 1.165) is 21.9 Å². The third-order valence-corrected chi connectivity index (χ3v) is 6.40. The fourth-order valence-electron chi connectivity index (χ4n) is 4.47. The van der Waals surface area contributed by atoms with Crippen LogP contribution in [0.5, 0.6) is 0 Å². The highest BCUT2D eigenvalue weighted by molar-refractivity contribution is 6.02. The van der Waals surface area contributed by atoms with Crippen molar-refractivity contribution in [2.75, 3.05) is 0 Å². The van der Waals surface area contributed by atoms with Crippen LogP contribution in [-0.4, -0.2) is 37.0 Å². The fraction of sp³-hybridized carbons (Fsp3) is 0.0690. The van der Waals surface area contributed by atoms with Gasteiger partial charge >= 0.3 is 5.97 Å². The van der Waals surface area contributed by atoms with Gasteiger partial charge in [0.25, 0.3) is 5.91 Å². The van der Waals surface area contributed by atoms with Crippen LogP contribution in [0.15, 0.2) is 95.8 Å². The average molecular weight is 504 g/mol. The summed E-state index contributed by atoms with van der Waals surface area (Å²) in [6.45, 7) is 0.223. The summed E-state index contributed by atoms with van der Waals surface area (Å²) in [4.78, 5) is 24.6. The number of hydrogen-bond donors (Lipinski definition) is 2. The average Bonchev–Trinajstić information content (AvgIpc) is 3.62. The van der Waals surface area contributed by atoms with Crippen LogP contribution in [0.1, 0.15) is 37.5 Å². The molecule has 0 fully saturated rings. The molecule has 6 rings (SSSR count). The molecule has 1 amide bonds. The number of fused-ring (bicyclic) bond motifs is 2. The van der Waals surface area contributed by atoms with E-state index in [1.165, 1.54) is 18.4 Å². The van der Waals surface area contributed by atoms with Gasteiger partial charge in [-0.25, -0.2) is 9.31 Å². The zero-order valence-corrected chi connectivity index (χ0v) is 20.0. The van der Waals surface area contributed by atoms with Gasteiger partial charge in [0, 0.05) is 30.8 Å². The molecule has 0 atom stereocenters. The molecule has 3 aromatic heterocycles. The second-order valence-corrected chi connectivity index (χ2v) is 8.90. The fourth-order valence-corrected chi connectivity index (χ4v) is 4.47. The van der Waals surface area contributed by atoms with Crippen LogP contribution in [0, 0.1) is 0 Å². The maximum absolute atomic E-state index is 13.5. The molecule has 3 aromatic carbocycles. The summed E-state index contributed by atoms with van der Waals surface area (Å²) in [5.41, 5.74) is 4.90. The summed E-state index contributed by atoms with van der Waals surface area (Å²) >= 11 is 0. The van der Waals surface area contributed by atoms with Crippen LogP contribution >= 0.6 is 0 Å². The Labute approximate surface area is 216 Å². The molecule has 0 unspecified atom stereocenters. The van der Waals surface area contributed by atoms with Gasteiger partial charge in [0.15, 0.2) is 0 Å². The Morgan fingerprint density at radius 2 is 1.71 bits per heavy atom. The number of nitrogens with one attached hydrogen (secondary N) is 1. The van der Waals surface area contributed by atoms with Gasteiger partial charge in [0.1, 0.15) is 17.5 Å². The van der Waals surface area contributed by atoms with Gasteiger partial charge in [-0.05, 0) is 40.1 Å². The van der Waals surface area contributed by atoms with Gasteiger partial charge in [-0.3, -0.25) is 4.79 Å². The van der Waals surface area contributed by atoms with Gasteiger partial charge in [-0.1, -0.05) is 65.0 Å². The number of aromatic carboxylic acids is 1. The van der Waals surface area contributed by atoms with Gasteiger partial charge in [0.05, 0.1) is 16.8 Å². The first-order valence-corrected chi connectivity index (χ1v) is 11.9. The van der Waals surface area contributed by atoms with Crippen molar-refractivity contribution in [3.05, 3.63) is 119 Å². The number of nitrogens with zero attached hydrogens (tertiary/aromatic N) is 4. The van der Waals surface area contributed by atoms with Crippen molar-refractivity contribution in [3.8, 4) is 11.3 Å². The highest BCUT2D eigenvalue weighted by Crippen LogP contribution is 2.25. The Balaban J connectivity index is 1.35. The molecule has 3 heterocycles. The van der Waals surface area contributed by atoms with Gasteiger partial charge in [-0.15, -0.1) is 5.10 Å². The molecule has 0 aliphatic carbocycles. The Kier molecular flexibility index (Phi) is 5.85. The Hall–Kier alpha value is -5.31. The number of pyridine rings is 1. The highest BCUT2D eigenvalue weighted by atomic mass is 16.5. The minimum atomic E-state index is -1.00. The van der Waals surface area contributed by atoms with Crippen molar-refractivity contribution in [3.63, 3.8) is 0 Å². The number of amides is 1. The molecule has 9 nitrogen and oxygen atoms in total. The smallest absolute Gasteiger partial charge is 0.335 e. The lowest BCUT2D eigenvalue weighted by molar-refractivity contribution is 0.0696. The molecule has 6 aromatic rings. The van der Waals surface area contributed by atoms with Crippen LogP contribution in [0.25, 0.3) is 27.5 Å². The van der Waals surface area contributed by atoms with Crippen LogP contribution in [-0.2, 0) is 13.0 Å². The van der Waals surface area contributed by atoms with Crippen LogP contribution in [0.3, 0.4) is 0 Å². The maximum atomic E-state index is 13.5. The Bertz CT molecular complexity index is 1790. The number of aromatic nitrogens is 4. The van der Waals surface area contributed by atoms with Crippen LogP contribution < -0.4 is 5.32 Å². The largest absolute Gasteiger partial charge is 0.478 e. The molecular weight excluding hydrogens is 482 g/mol. The second kappa shape index (κ2) is 9.62. The molecule has 186 valence electrons. The number of carboxylic acids is 1. The third-order valence-electron chi connectivity index (χ3n) is 6.40. The number of hydrogen-bond acceptors (Lipinski definition) is 6. The molecule has 0 bridgehead atoms. The van der Waals surface area contributed by atoms with Crippen molar-refractivity contribution in [2.24, 2.45) is 0 Å². The summed E-state index contributed by atoms with van der Waals surface area (Å²) in [6, 6.07) is 24.2. The van der Waals surface area contributed by atoms with E-state index in [9.17, 15) is 9.59 Å². The molecule has 9 heteroatoms. The number of carbonyl (C=O) groups is 2. The first-order chi connectivity index (χ1) is 18.5. The SMILES string of the molecule is O=C(O)c1ccc(CNC(=O)c2cc(-c3ccon3)cn3nnc(Cc4ccc5ccccc5c4)c23)cc1. The van der Waals surface area contributed by atoms with Crippen molar-refractivity contribution in [2.45, 2.75) is 13.0 Å². The van der Waals surface area contributed by atoms with E-state index in [4.69, 9.17) is 9.63 Å². The summed E-state index contributed by atoms with van der Waals surface area (Å²) in [5.74, 6) is -1.32. The monoisotopic (exact) mass is 503 g/mol. The zero-order chi connectivity index (χ0) is 26.1. The Morgan fingerprint density at radius 3 is 2.47 bits per heavy atom. The van der Waals surface area contributed by atoms with Gasteiger partial charge < -0.3 is 14.9 Å². The standard InChI is InChI=1S/C29H21N5O4/c35-28(30-16-18-5-9-21(10-6-18)29(36)37)24-15-23(25-11-12-38-32-25)17-34-27(24)26(31-33-34)14-19-7-8-20-3-1-2-4-22(20)13-19/h1-13,15,17H,14,16H2,(H,30,35)(H,36,37). The minimum Gasteiger partial charge on any atom is -0.478 e. The molecule has 0 radical (unpaired) electrons. The van der Waals surface area contributed by atoms with E-state index < -0.39 is 5.97 Å². The van der Waals surface area contributed by atoms with Crippen molar-refractivity contribution >= 4 is 28.2 Å². The molecule has 0 aliphatic heterocycles. The Morgan fingerprint density at radius 1 is 0.921 bits per heavy atom. The molecule has 0 saturated carbocycles. The highest BCUT2D eigenvalue weighted by Gasteiger charge is 2.20. The van der Waals surface area contributed by atoms with Crippen LogP contribution in [0.4, 0.5) is 0 Å². The van der Waals surface area contributed by atoms with E-state index in [1.807, 2.05) is 12.1 Å². The van der Waals surface area contributed by atoms with Crippen molar-refractivity contribution in [1.29, 1.82) is 0 Å². The van der Waals surface area contributed by atoms with E-state index >= 15 is 0 Å². The predicted octanol–water partition coefficient (Wildman–Crippen LogP) is 4.76. The lowest BCUT2D eigenvalue weighted by atomic mass is 10.0. The summed E-state index contributed by atoms with van der Waals surface area (Å²) in [5, 5.41) is 27.0. The molecule has 0 spiro atoms. The van der Waals surface area contributed by atoms with E-state index in [1.54, 1.807) is 35.0 Å². The lowest BCUT2D eigenvalue weighted by Crippen LogP contribution is -2.24. The first-order valence-electron chi connectivity index (χ1n) is 11.9. The van der Waals surface area contributed by atoms with E-state index in [-0.39, 0.29) is 18.0 Å². The zero-order valence-electron chi connectivity index (χ0n) is 20.0. The summed E-state index contributed by atoms with van der Waals surface area (Å²) in [7, 11) is 0. The molecule has 0 aliphatic rings. The van der Waals surface area contributed by atoms with Gasteiger partial charge in [0.2, 0.25) is 0 Å². The van der Waals surface area contributed by atoms with Gasteiger partial charge in [-0.2, -0.15) is 0 Å². The topological polar surface area (TPSA) is 123 Å². The second-order valence-electron chi connectivity index (χ2n) is 8.90. The predicted molar refractivity (Wildman–Crippen MR) is 140 cm³/mol. The van der Waals surface area contributed by atoms with Crippen molar-refractivity contribution < 1.29 is 19.2 Å². The first kappa shape index (κ1) is 23.1. The quantitative estimate of drug-likeness (QED) is 0.322. The molecular formula is C29H21N5O4. The molecule has 2 N–H and O–H groups in total. The number of carboxylic acid groups (broad SMARTS) is 1. The number of carbonyl (C=O) groups excluding carboxylic acids is 1. The minimum absolute atomic E-state index is 0.186. The van der Waals surface area contributed by atoms with E-state index in [0.29, 0.717) is 34.5 Å². The van der Waals surface area contributed by atoms with E-state index in [2.05, 4.69) is 51.1 Å². The van der Waals surface area contributed by atoms with Crippen molar-refractivity contribution in [1.82, 2.24) is 25.3 Å². The molecule has 0 saturated heterocycles. The number of rotatable bonds is 7. The third kappa shape index (κ3) is 4.48. The maximum Gasteiger partial charge on any atom is 0.335 e.